The first-order valence-corrected chi connectivity index (χ1v) is 11.0. The summed E-state index contributed by atoms with van der Waals surface area (Å²) in [6.45, 7) is 0. The minimum atomic E-state index is -0.420. The second-order valence-electron chi connectivity index (χ2n) is 7.21. The maximum Gasteiger partial charge on any atom is 0.321 e. The third-order valence-electron chi connectivity index (χ3n) is 5.14. The predicted octanol–water partition coefficient (Wildman–Crippen LogP) is 3.89. The molecule has 0 spiro atoms. The Labute approximate surface area is 179 Å². The van der Waals surface area contributed by atoms with E-state index in [4.69, 9.17) is 4.74 Å². The summed E-state index contributed by atoms with van der Waals surface area (Å²) in [7, 11) is 1.63. The fraction of sp³-hybridized carbons (Fsp3) is 0.318. The normalized spacial score (nSPS) is 14.0. The zero-order valence-corrected chi connectivity index (χ0v) is 17.6. The van der Waals surface area contributed by atoms with Crippen LogP contribution in [0.3, 0.4) is 0 Å². The maximum absolute atomic E-state index is 12.3. The number of hydrogen-bond donors (Lipinski definition) is 2. The molecule has 2 N–H and O–H groups in total. The second kappa shape index (κ2) is 9.21. The Balaban J connectivity index is 1.48. The SMILES string of the molecule is COc1ccc(-n2c(SCC(=O)NC(=O)NC3CCCC3)nc3ccccc32)cc1. The van der Waals surface area contributed by atoms with E-state index in [1.807, 2.05) is 53.1 Å². The smallest absolute Gasteiger partial charge is 0.321 e. The van der Waals surface area contributed by atoms with E-state index < -0.39 is 6.03 Å². The van der Waals surface area contributed by atoms with Crippen molar-refractivity contribution in [3.8, 4) is 11.4 Å². The summed E-state index contributed by atoms with van der Waals surface area (Å²) in [6, 6.07) is 15.2. The van der Waals surface area contributed by atoms with Crippen LogP contribution in [0.5, 0.6) is 5.75 Å². The number of fused-ring (bicyclic) bond motifs is 1. The van der Waals surface area contributed by atoms with Gasteiger partial charge in [0.1, 0.15) is 5.75 Å². The number of nitrogens with zero attached hydrogens (tertiary/aromatic N) is 2. The zero-order chi connectivity index (χ0) is 20.9. The van der Waals surface area contributed by atoms with Crippen LogP contribution in [-0.4, -0.2) is 40.4 Å². The van der Waals surface area contributed by atoms with Crippen molar-refractivity contribution in [2.45, 2.75) is 36.9 Å². The van der Waals surface area contributed by atoms with Gasteiger partial charge < -0.3 is 10.1 Å². The van der Waals surface area contributed by atoms with Crippen molar-refractivity contribution in [2.24, 2.45) is 0 Å². The van der Waals surface area contributed by atoms with Crippen molar-refractivity contribution in [1.29, 1.82) is 0 Å². The van der Waals surface area contributed by atoms with E-state index >= 15 is 0 Å². The Bertz CT molecular complexity index is 1040. The van der Waals surface area contributed by atoms with Crippen molar-refractivity contribution in [3.63, 3.8) is 0 Å². The summed E-state index contributed by atoms with van der Waals surface area (Å²) >= 11 is 1.30. The van der Waals surface area contributed by atoms with Crippen molar-refractivity contribution >= 4 is 34.7 Å². The number of urea groups is 1. The number of imidazole rings is 1. The lowest BCUT2D eigenvalue weighted by molar-refractivity contribution is -0.117. The summed E-state index contributed by atoms with van der Waals surface area (Å²) in [5.41, 5.74) is 2.71. The second-order valence-corrected chi connectivity index (χ2v) is 8.15. The molecule has 1 aromatic heterocycles. The molecule has 0 saturated heterocycles. The molecule has 0 aliphatic heterocycles. The van der Waals surface area contributed by atoms with Gasteiger partial charge in [0.2, 0.25) is 5.91 Å². The minimum Gasteiger partial charge on any atom is -0.497 e. The molecule has 1 aliphatic carbocycles. The number of benzene rings is 2. The number of nitrogens with one attached hydrogen (secondary N) is 2. The van der Waals surface area contributed by atoms with Gasteiger partial charge in [0.25, 0.3) is 0 Å². The topological polar surface area (TPSA) is 85.2 Å². The average Bonchev–Trinajstić information content (AvgIpc) is 3.39. The summed E-state index contributed by atoms with van der Waals surface area (Å²) in [5.74, 6) is 0.520. The molecule has 1 aliphatic rings. The summed E-state index contributed by atoms with van der Waals surface area (Å²) < 4.78 is 7.25. The molecule has 2 aromatic carbocycles. The first kappa shape index (κ1) is 20.3. The Morgan fingerprint density at radius 3 is 2.60 bits per heavy atom. The minimum absolute atomic E-state index is 0.0948. The molecule has 1 heterocycles. The van der Waals surface area contributed by atoms with Gasteiger partial charge in [-0.1, -0.05) is 36.7 Å². The van der Waals surface area contributed by atoms with E-state index in [9.17, 15) is 9.59 Å². The number of hydrogen-bond acceptors (Lipinski definition) is 5. The van der Waals surface area contributed by atoms with Gasteiger partial charge in [-0.3, -0.25) is 14.7 Å². The Morgan fingerprint density at radius 2 is 1.87 bits per heavy atom. The molecule has 1 fully saturated rings. The first-order valence-electron chi connectivity index (χ1n) is 9.99. The highest BCUT2D eigenvalue weighted by Crippen LogP contribution is 2.28. The van der Waals surface area contributed by atoms with E-state index in [-0.39, 0.29) is 17.7 Å². The van der Waals surface area contributed by atoms with Crippen LogP contribution >= 0.6 is 11.8 Å². The van der Waals surface area contributed by atoms with Crippen molar-refractivity contribution < 1.29 is 14.3 Å². The van der Waals surface area contributed by atoms with Gasteiger partial charge in [0.15, 0.2) is 5.16 Å². The van der Waals surface area contributed by atoms with Gasteiger partial charge in [-0.25, -0.2) is 9.78 Å². The van der Waals surface area contributed by atoms with Gasteiger partial charge >= 0.3 is 6.03 Å². The molecule has 0 radical (unpaired) electrons. The van der Waals surface area contributed by atoms with Gasteiger partial charge in [-0.05, 0) is 49.2 Å². The van der Waals surface area contributed by atoms with Crippen molar-refractivity contribution in [3.05, 3.63) is 48.5 Å². The molecule has 4 rings (SSSR count). The van der Waals surface area contributed by atoms with Crippen molar-refractivity contribution in [1.82, 2.24) is 20.2 Å². The van der Waals surface area contributed by atoms with Crippen LogP contribution in [0.2, 0.25) is 0 Å². The fourth-order valence-electron chi connectivity index (χ4n) is 3.67. The number of thioether (sulfide) groups is 1. The number of rotatable bonds is 6. The third-order valence-corrected chi connectivity index (χ3v) is 6.07. The number of amides is 3. The molecule has 0 unspecified atom stereocenters. The molecule has 156 valence electrons. The molecular weight excluding hydrogens is 400 g/mol. The van der Waals surface area contributed by atoms with E-state index in [2.05, 4.69) is 15.6 Å². The van der Waals surface area contributed by atoms with Gasteiger partial charge in [-0.2, -0.15) is 0 Å². The highest BCUT2D eigenvalue weighted by Gasteiger charge is 2.19. The van der Waals surface area contributed by atoms with Gasteiger partial charge in [0.05, 0.1) is 23.9 Å². The molecule has 7 nitrogen and oxygen atoms in total. The Kier molecular flexibility index (Phi) is 6.23. The summed E-state index contributed by atoms with van der Waals surface area (Å²) in [4.78, 5) is 29.0. The highest BCUT2D eigenvalue weighted by atomic mass is 32.2. The largest absolute Gasteiger partial charge is 0.497 e. The zero-order valence-electron chi connectivity index (χ0n) is 16.8. The monoisotopic (exact) mass is 424 g/mol. The molecule has 0 atom stereocenters. The van der Waals surface area contributed by atoms with Crippen LogP contribution in [0.4, 0.5) is 4.79 Å². The van der Waals surface area contributed by atoms with Gasteiger partial charge in [0, 0.05) is 11.7 Å². The third kappa shape index (κ3) is 4.59. The lowest BCUT2D eigenvalue weighted by Gasteiger charge is -2.12. The molecular formula is C22H24N4O3S. The van der Waals surface area contributed by atoms with Gasteiger partial charge in [-0.15, -0.1) is 0 Å². The number of aromatic nitrogens is 2. The predicted molar refractivity (Wildman–Crippen MR) is 117 cm³/mol. The quantitative estimate of drug-likeness (QED) is 0.587. The number of carbonyl (C=O) groups is 2. The molecule has 0 bridgehead atoms. The number of ether oxygens (including phenoxy) is 1. The van der Waals surface area contributed by atoms with E-state index in [0.29, 0.717) is 5.16 Å². The Hall–Kier alpha value is -3.00. The molecule has 8 heteroatoms. The van der Waals surface area contributed by atoms with E-state index in [1.165, 1.54) is 11.8 Å². The van der Waals surface area contributed by atoms with Crippen LogP contribution in [0, 0.1) is 0 Å². The number of imide groups is 1. The fourth-order valence-corrected chi connectivity index (χ4v) is 4.49. The average molecular weight is 425 g/mol. The van der Waals surface area contributed by atoms with Crippen molar-refractivity contribution in [2.75, 3.05) is 12.9 Å². The van der Waals surface area contributed by atoms with Crippen LogP contribution in [0.1, 0.15) is 25.7 Å². The number of para-hydroxylation sites is 2. The lowest BCUT2D eigenvalue weighted by Crippen LogP contribution is -2.44. The van der Waals surface area contributed by atoms with Crippen LogP contribution in [0.15, 0.2) is 53.7 Å². The molecule has 3 amide bonds. The maximum atomic E-state index is 12.3. The molecule has 1 saturated carbocycles. The number of carbonyl (C=O) groups excluding carboxylic acids is 2. The summed E-state index contributed by atoms with van der Waals surface area (Å²) in [5, 5.41) is 5.97. The molecule has 30 heavy (non-hydrogen) atoms. The first-order chi connectivity index (χ1) is 14.6. The van der Waals surface area contributed by atoms with Crippen LogP contribution in [0.25, 0.3) is 16.7 Å². The van der Waals surface area contributed by atoms with Crippen LogP contribution in [-0.2, 0) is 4.79 Å². The summed E-state index contributed by atoms with van der Waals surface area (Å²) in [6.07, 6.45) is 4.19. The highest BCUT2D eigenvalue weighted by molar-refractivity contribution is 7.99. The Morgan fingerprint density at radius 1 is 1.13 bits per heavy atom. The number of methoxy groups -OCH3 is 1. The van der Waals surface area contributed by atoms with E-state index in [0.717, 1.165) is 48.2 Å². The standard InChI is InChI=1S/C22H24N4O3S/c1-29-17-12-10-16(11-13-17)26-19-9-5-4-8-18(19)24-22(26)30-14-20(27)25-21(28)23-15-6-2-3-7-15/h4-5,8-13,15H,2-3,6-7,14H2,1H3,(H2,23,25,27,28). The van der Waals surface area contributed by atoms with Crippen LogP contribution < -0.4 is 15.4 Å². The molecule has 3 aromatic rings. The van der Waals surface area contributed by atoms with E-state index in [1.54, 1.807) is 7.11 Å². The lowest BCUT2D eigenvalue weighted by atomic mass is 10.2.